The molecule has 0 bridgehead atoms. The fraction of sp³-hybridized carbons (Fsp3) is 0.684. The highest BCUT2D eigenvalue weighted by molar-refractivity contribution is 8.17. The first-order valence-corrected chi connectivity index (χ1v) is 10.8. The fourth-order valence-corrected chi connectivity index (χ4v) is 6.88. The van der Waals surface area contributed by atoms with E-state index in [1.54, 1.807) is 0 Å². The third-order valence-electron chi connectivity index (χ3n) is 4.49. The standard InChI is InChI=1S/C19H28O2S2/c1-4-9-15-16(18-22-12-8-13-23-18)17(21-19(2,3)20-15)14-10-6-5-7-11-14/h5-7,10-11,15-18H,4,8-9,12-13H2,1-3H3/t15-,16-,17+/m0/s1. The number of hydrogen-bond donors (Lipinski definition) is 0. The molecule has 2 aliphatic heterocycles. The van der Waals surface area contributed by atoms with E-state index in [0.717, 1.165) is 12.8 Å². The van der Waals surface area contributed by atoms with Gasteiger partial charge in [-0.15, -0.1) is 23.5 Å². The summed E-state index contributed by atoms with van der Waals surface area (Å²) in [4.78, 5) is 0. The third-order valence-corrected chi connectivity index (χ3v) is 7.64. The van der Waals surface area contributed by atoms with E-state index in [2.05, 4.69) is 74.6 Å². The van der Waals surface area contributed by atoms with Gasteiger partial charge in [-0.2, -0.15) is 0 Å². The number of benzene rings is 1. The minimum Gasteiger partial charge on any atom is -0.347 e. The van der Waals surface area contributed by atoms with E-state index in [9.17, 15) is 0 Å². The quantitative estimate of drug-likeness (QED) is 0.713. The Labute approximate surface area is 149 Å². The van der Waals surface area contributed by atoms with Crippen molar-refractivity contribution in [1.82, 2.24) is 0 Å². The lowest BCUT2D eigenvalue weighted by Gasteiger charge is -2.49. The SMILES string of the molecule is CCC[C@@H]1OC(C)(C)O[C@H](c2ccccc2)[C@H]1C1SCCCS1. The van der Waals surface area contributed by atoms with Crippen molar-refractivity contribution in [3.63, 3.8) is 0 Å². The molecule has 0 N–H and O–H groups in total. The molecule has 0 spiro atoms. The van der Waals surface area contributed by atoms with Crippen LogP contribution in [-0.4, -0.2) is 28.0 Å². The van der Waals surface area contributed by atoms with Crippen LogP contribution in [0.5, 0.6) is 0 Å². The number of rotatable bonds is 4. The Morgan fingerprint density at radius 2 is 1.78 bits per heavy atom. The van der Waals surface area contributed by atoms with Gasteiger partial charge in [0.2, 0.25) is 0 Å². The zero-order chi connectivity index (χ0) is 16.3. The predicted octanol–water partition coefficient (Wildman–Crippen LogP) is 5.49. The Bertz CT molecular complexity index is 485. The zero-order valence-corrected chi connectivity index (χ0v) is 16.0. The predicted molar refractivity (Wildman–Crippen MR) is 101 cm³/mol. The molecule has 3 atom stereocenters. The van der Waals surface area contributed by atoms with Crippen LogP contribution in [0.15, 0.2) is 30.3 Å². The van der Waals surface area contributed by atoms with E-state index in [4.69, 9.17) is 9.47 Å². The minimum atomic E-state index is -0.513. The fourth-order valence-electron chi connectivity index (χ4n) is 3.57. The van der Waals surface area contributed by atoms with Crippen LogP contribution >= 0.6 is 23.5 Å². The molecule has 2 aliphatic rings. The smallest absolute Gasteiger partial charge is 0.163 e. The molecule has 23 heavy (non-hydrogen) atoms. The second-order valence-electron chi connectivity index (χ2n) is 6.83. The molecule has 0 unspecified atom stereocenters. The molecule has 1 aromatic rings. The van der Waals surface area contributed by atoms with Gasteiger partial charge in [0.1, 0.15) is 0 Å². The van der Waals surface area contributed by atoms with E-state index >= 15 is 0 Å². The van der Waals surface area contributed by atoms with Crippen molar-refractivity contribution in [1.29, 1.82) is 0 Å². The van der Waals surface area contributed by atoms with Crippen LogP contribution in [0.25, 0.3) is 0 Å². The largest absolute Gasteiger partial charge is 0.347 e. The summed E-state index contributed by atoms with van der Waals surface area (Å²) in [6.45, 7) is 6.37. The summed E-state index contributed by atoms with van der Waals surface area (Å²) in [6.07, 6.45) is 3.98. The van der Waals surface area contributed by atoms with Crippen LogP contribution in [0.3, 0.4) is 0 Å². The highest BCUT2D eigenvalue weighted by Crippen LogP contribution is 2.50. The average Bonchev–Trinajstić information content (AvgIpc) is 2.55. The van der Waals surface area contributed by atoms with Gasteiger partial charge in [-0.25, -0.2) is 0 Å². The molecule has 2 nitrogen and oxygen atoms in total. The third kappa shape index (κ3) is 4.28. The Kier molecular flexibility index (Phi) is 6.00. The van der Waals surface area contributed by atoms with Crippen LogP contribution in [0, 0.1) is 5.92 Å². The maximum Gasteiger partial charge on any atom is 0.163 e. The van der Waals surface area contributed by atoms with Gasteiger partial charge >= 0.3 is 0 Å². The van der Waals surface area contributed by atoms with Gasteiger partial charge < -0.3 is 9.47 Å². The van der Waals surface area contributed by atoms with E-state index < -0.39 is 5.79 Å². The minimum absolute atomic E-state index is 0.125. The Balaban J connectivity index is 1.92. The molecule has 0 radical (unpaired) electrons. The highest BCUT2D eigenvalue weighted by Gasteiger charge is 2.47. The molecule has 1 aromatic carbocycles. The van der Waals surface area contributed by atoms with Gasteiger partial charge in [0.05, 0.1) is 16.8 Å². The number of thioether (sulfide) groups is 2. The second-order valence-corrected chi connectivity index (χ2v) is 9.63. The summed E-state index contributed by atoms with van der Waals surface area (Å²) in [7, 11) is 0. The molecule has 0 aromatic heterocycles. The van der Waals surface area contributed by atoms with Gasteiger partial charge in [0.25, 0.3) is 0 Å². The van der Waals surface area contributed by atoms with Crippen molar-refractivity contribution >= 4 is 23.5 Å². The van der Waals surface area contributed by atoms with E-state index in [-0.39, 0.29) is 12.2 Å². The first-order valence-electron chi connectivity index (χ1n) is 8.74. The molecule has 2 fully saturated rings. The van der Waals surface area contributed by atoms with Crippen molar-refractivity contribution in [3.05, 3.63) is 35.9 Å². The van der Waals surface area contributed by atoms with E-state index in [0.29, 0.717) is 10.5 Å². The van der Waals surface area contributed by atoms with Crippen LogP contribution in [0.2, 0.25) is 0 Å². The summed E-state index contributed by atoms with van der Waals surface area (Å²) < 4.78 is 13.4. The van der Waals surface area contributed by atoms with Crippen molar-refractivity contribution in [2.75, 3.05) is 11.5 Å². The molecular formula is C19H28O2S2. The monoisotopic (exact) mass is 352 g/mol. The topological polar surface area (TPSA) is 18.5 Å². The molecule has 2 saturated heterocycles. The van der Waals surface area contributed by atoms with Crippen LogP contribution in [0.1, 0.15) is 51.7 Å². The molecule has 0 saturated carbocycles. The van der Waals surface area contributed by atoms with Gasteiger partial charge in [-0.3, -0.25) is 0 Å². The molecule has 4 heteroatoms. The first-order chi connectivity index (χ1) is 11.1. The number of ether oxygens (including phenoxy) is 2. The lowest BCUT2D eigenvalue weighted by Crippen LogP contribution is -2.50. The van der Waals surface area contributed by atoms with Crippen molar-refractivity contribution < 1.29 is 9.47 Å². The van der Waals surface area contributed by atoms with Crippen LogP contribution in [0.4, 0.5) is 0 Å². The summed E-state index contributed by atoms with van der Waals surface area (Å²) in [5.41, 5.74) is 1.29. The molecule has 128 valence electrons. The van der Waals surface area contributed by atoms with E-state index in [1.165, 1.54) is 23.5 Å². The average molecular weight is 353 g/mol. The highest BCUT2D eigenvalue weighted by atomic mass is 32.2. The summed E-state index contributed by atoms with van der Waals surface area (Å²) in [5, 5.41) is 0. The van der Waals surface area contributed by atoms with Gasteiger partial charge in [0, 0.05) is 5.92 Å². The lowest BCUT2D eigenvalue weighted by atomic mass is 9.88. The van der Waals surface area contributed by atoms with Crippen molar-refractivity contribution in [2.24, 2.45) is 5.92 Å². The second kappa shape index (κ2) is 7.81. The summed E-state index contributed by atoms with van der Waals surface area (Å²) >= 11 is 4.20. The molecular weight excluding hydrogens is 324 g/mol. The lowest BCUT2D eigenvalue weighted by molar-refractivity contribution is -0.322. The molecule has 0 amide bonds. The maximum absolute atomic E-state index is 6.45. The van der Waals surface area contributed by atoms with Crippen molar-refractivity contribution in [3.8, 4) is 0 Å². The summed E-state index contributed by atoms with van der Waals surface area (Å²) in [5.74, 6) is 2.43. The molecule has 3 rings (SSSR count). The normalized spacial score (nSPS) is 31.9. The van der Waals surface area contributed by atoms with Gasteiger partial charge in [-0.05, 0) is 43.8 Å². The van der Waals surface area contributed by atoms with Gasteiger partial charge in [0.15, 0.2) is 5.79 Å². The van der Waals surface area contributed by atoms with Crippen molar-refractivity contribution in [2.45, 2.75) is 62.6 Å². The number of hydrogen-bond acceptors (Lipinski definition) is 4. The van der Waals surface area contributed by atoms with Gasteiger partial charge in [-0.1, -0.05) is 43.7 Å². The van der Waals surface area contributed by atoms with Crippen LogP contribution < -0.4 is 0 Å². The van der Waals surface area contributed by atoms with Crippen LogP contribution in [-0.2, 0) is 9.47 Å². The van der Waals surface area contributed by atoms with E-state index in [1.807, 2.05) is 0 Å². The first kappa shape index (κ1) is 17.7. The Hall–Kier alpha value is -0.160. The Morgan fingerprint density at radius 3 is 2.43 bits per heavy atom. The molecule has 0 aliphatic carbocycles. The zero-order valence-electron chi connectivity index (χ0n) is 14.4. The summed E-state index contributed by atoms with van der Waals surface area (Å²) in [6, 6.07) is 10.7. The maximum atomic E-state index is 6.45. The molecule has 2 heterocycles. The Morgan fingerprint density at radius 1 is 1.09 bits per heavy atom.